The molecule has 0 amide bonds. The third-order valence-electron chi connectivity index (χ3n) is 2.35. The number of Topliss-reactive ketones (excluding diaryl/α,β-unsaturated/α-hetero) is 1. The SMILES string of the molecule is CC(=O)c1ccc(C(=O)Oc2ccc(C#N)cc2)s1. The summed E-state index contributed by atoms with van der Waals surface area (Å²) in [5.74, 6) is -0.230. The van der Waals surface area contributed by atoms with Crippen LogP contribution in [0.2, 0.25) is 0 Å². The van der Waals surface area contributed by atoms with Crippen LogP contribution in [0.3, 0.4) is 0 Å². The van der Waals surface area contributed by atoms with Gasteiger partial charge in [0.15, 0.2) is 5.78 Å². The highest BCUT2D eigenvalue weighted by Crippen LogP contribution is 2.20. The number of esters is 1. The van der Waals surface area contributed by atoms with Crippen molar-refractivity contribution in [1.29, 1.82) is 5.26 Å². The van der Waals surface area contributed by atoms with Gasteiger partial charge in [-0.3, -0.25) is 4.79 Å². The standard InChI is InChI=1S/C14H9NO3S/c1-9(16)12-6-7-13(19-12)14(17)18-11-4-2-10(8-15)3-5-11/h2-7H,1H3. The second-order valence-corrected chi connectivity index (χ2v) is 4.83. The Kier molecular flexibility index (Phi) is 3.74. The molecular weight excluding hydrogens is 262 g/mol. The lowest BCUT2D eigenvalue weighted by atomic mass is 10.2. The molecule has 0 saturated heterocycles. The summed E-state index contributed by atoms with van der Waals surface area (Å²) in [6.07, 6.45) is 0. The number of carbonyl (C=O) groups is 2. The number of benzene rings is 1. The van der Waals surface area contributed by atoms with Crippen molar-refractivity contribution in [3.8, 4) is 11.8 Å². The van der Waals surface area contributed by atoms with Gasteiger partial charge in [-0.05, 0) is 43.3 Å². The van der Waals surface area contributed by atoms with Crippen molar-refractivity contribution in [1.82, 2.24) is 0 Å². The highest BCUT2D eigenvalue weighted by atomic mass is 32.1. The molecule has 0 radical (unpaired) electrons. The molecule has 0 fully saturated rings. The van der Waals surface area contributed by atoms with Crippen LogP contribution in [0.15, 0.2) is 36.4 Å². The fourth-order valence-corrected chi connectivity index (χ4v) is 2.17. The number of thiophene rings is 1. The minimum absolute atomic E-state index is 0.0811. The zero-order valence-electron chi connectivity index (χ0n) is 10.0. The lowest BCUT2D eigenvalue weighted by Crippen LogP contribution is -2.06. The lowest BCUT2D eigenvalue weighted by molar-refractivity contribution is 0.0739. The average Bonchev–Trinajstić information content (AvgIpc) is 2.89. The molecule has 5 heteroatoms. The molecule has 1 aromatic heterocycles. The summed E-state index contributed by atoms with van der Waals surface area (Å²) in [5, 5.41) is 8.66. The summed E-state index contributed by atoms with van der Waals surface area (Å²) in [4.78, 5) is 23.8. The van der Waals surface area contributed by atoms with E-state index in [9.17, 15) is 9.59 Å². The van der Waals surface area contributed by atoms with Gasteiger partial charge >= 0.3 is 5.97 Å². The van der Waals surface area contributed by atoms with E-state index in [2.05, 4.69) is 0 Å². The Hall–Kier alpha value is -2.45. The van der Waals surface area contributed by atoms with Crippen LogP contribution in [-0.4, -0.2) is 11.8 Å². The van der Waals surface area contributed by atoms with Gasteiger partial charge in [-0.25, -0.2) is 4.79 Å². The van der Waals surface area contributed by atoms with Crippen LogP contribution in [0, 0.1) is 11.3 Å². The number of nitriles is 1. The van der Waals surface area contributed by atoms with Crippen molar-refractivity contribution in [2.75, 3.05) is 0 Å². The fraction of sp³-hybridized carbons (Fsp3) is 0.0714. The molecule has 0 aliphatic carbocycles. The number of carbonyl (C=O) groups excluding carboxylic acids is 2. The summed E-state index contributed by atoms with van der Waals surface area (Å²) >= 11 is 1.10. The van der Waals surface area contributed by atoms with E-state index in [0.29, 0.717) is 21.1 Å². The molecule has 0 N–H and O–H groups in total. The maximum atomic E-state index is 11.8. The van der Waals surface area contributed by atoms with E-state index in [1.165, 1.54) is 6.92 Å². The number of nitrogens with zero attached hydrogens (tertiary/aromatic N) is 1. The van der Waals surface area contributed by atoms with Gasteiger partial charge < -0.3 is 4.74 Å². The Balaban J connectivity index is 2.11. The molecule has 2 rings (SSSR count). The van der Waals surface area contributed by atoms with Gasteiger partial charge in [0.25, 0.3) is 0 Å². The van der Waals surface area contributed by atoms with Crippen LogP contribution in [0.5, 0.6) is 5.75 Å². The molecule has 1 heterocycles. The van der Waals surface area contributed by atoms with E-state index in [0.717, 1.165) is 11.3 Å². The number of hydrogen-bond acceptors (Lipinski definition) is 5. The fourth-order valence-electron chi connectivity index (χ4n) is 1.39. The molecule has 0 aliphatic rings. The van der Waals surface area contributed by atoms with E-state index >= 15 is 0 Å². The molecule has 0 atom stereocenters. The van der Waals surface area contributed by atoms with Crippen LogP contribution in [-0.2, 0) is 0 Å². The molecule has 4 nitrogen and oxygen atoms in total. The van der Waals surface area contributed by atoms with Crippen molar-refractivity contribution < 1.29 is 14.3 Å². The maximum absolute atomic E-state index is 11.8. The van der Waals surface area contributed by atoms with Crippen molar-refractivity contribution in [2.24, 2.45) is 0 Å². The van der Waals surface area contributed by atoms with E-state index in [1.54, 1.807) is 36.4 Å². The van der Waals surface area contributed by atoms with Gasteiger partial charge in [-0.2, -0.15) is 5.26 Å². The molecule has 0 saturated carbocycles. The van der Waals surface area contributed by atoms with Gasteiger partial charge in [0.05, 0.1) is 16.5 Å². The highest BCUT2D eigenvalue weighted by molar-refractivity contribution is 7.15. The Bertz CT molecular complexity index is 665. The number of ether oxygens (including phenoxy) is 1. The second-order valence-electron chi connectivity index (χ2n) is 3.75. The number of hydrogen-bond donors (Lipinski definition) is 0. The molecule has 0 unspecified atom stereocenters. The van der Waals surface area contributed by atoms with Gasteiger partial charge in [-0.1, -0.05) is 0 Å². The van der Waals surface area contributed by atoms with Gasteiger partial charge in [-0.15, -0.1) is 11.3 Å². The Labute approximate surface area is 113 Å². The number of rotatable bonds is 3. The maximum Gasteiger partial charge on any atom is 0.353 e. The lowest BCUT2D eigenvalue weighted by Gasteiger charge is -2.01. The zero-order valence-corrected chi connectivity index (χ0v) is 10.9. The molecule has 0 bridgehead atoms. The van der Waals surface area contributed by atoms with Crippen LogP contribution < -0.4 is 4.74 Å². The Morgan fingerprint density at radius 3 is 2.26 bits per heavy atom. The van der Waals surface area contributed by atoms with Gasteiger partial charge in [0.2, 0.25) is 0 Å². The predicted octanol–water partition coefficient (Wildman–Crippen LogP) is 3.04. The van der Waals surface area contributed by atoms with Crippen molar-refractivity contribution in [3.63, 3.8) is 0 Å². The van der Waals surface area contributed by atoms with Crippen LogP contribution in [0.1, 0.15) is 31.8 Å². The van der Waals surface area contributed by atoms with E-state index in [4.69, 9.17) is 10.00 Å². The predicted molar refractivity (Wildman–Crippen MR) is 70.4 cm³/mol. The van der Waals surface area contributed by atoms with Crippen molar-refractivity contribution in [3.05, 3.63) is 51.7 Å². The Morgan fingerprint density at radius 2 is 1.74 bits per heavy atom. The zero-order chi connectivity index (χ0) is 13.8. The van der Waals surface area contributed by atoms with Crippen molar-refractivity contribution >= 4 is 23.1 Å². The smallest absolute Gasteiger partial charge is 0.353 e. The summed E-state index contributed by atoms with van der Waals surface area (Å²) in [6, 6.07) is 11.4. The van der Waals surface area contributed by atoms with Gasteiger partial charge in [0, 0.05) is 0 Å². The third-order valence-corrected chi connectivity index (χ3v) is 3.51. The third kappa shape index (κ3) is 3.06. The van der Waals surface area contributed by atoms with E-state index < -0.39 is 5.97 Å². The quantitative estimate of drug-likeness (QED) is 0.489. The first-order valence-electron chi connectivity index (χ1n) is 5.43. The molecule has 1 aromatic carbocycles. The van der Waals surface area contributed by atoms with Crippen molar-refractivity contribution in [2.45, 2.75) is 6.92 Å². The summed E-state index contributed by atoms with van der Waals surface area (Å²) in [5.41, 5.74) is 0.495. The van der Waals surface area contributed by atoms with Crippen LogP contribution in [0.25, 0.3) is 0 Å². The van der Waals surface area contributed by atoms with E-state index in [1.807, 2.05) is 6.07 Å². The molecule has 0 aliphatic heterocycles. The molecule has 0 spiro atoms. The minimum Gasteiger partial charge on any atom is -0.422 e. The van der Waals surface area contributed by atoms with Gasteiger partial charge in [0.1, 0.15) is 10.6 Å². The van der Waals surface area contributed by atoms with Crippen LogP contribution >= 0.6 is 11.3 Å². The minimum atomic E-state index is -0.512. The summed E-state index contributed by atoms with van der Waals surface area (Å²) < 4.78 is 5.14. The molecular formula is C14H9NO3S. The summed E-state index contributed by atoms with van der Waals surface area (Å²) in [6.45, 7) is 1.45. The second kappa shape index (κ2) is 5.46. The largest absolute Gasteiger partial charge is 0.422 e. The van der Waals surface area contributed by atoms with Crippen LogP contribution in [0.4, 0.5) is 0 Å². The summed E-state index contributed by atoms with van der Waals surface area (Å²) in [7, 11) is 0. The molecule has 19 heavy (non-hydrogen) atoms. The number of ketones is 1. The molecule has 94 valence electrons. The van der Waals surface area contributed by atoms with E-state index in [-0.39, 0.29) is 5.78 Å². The normalized spacial score (nSPS) is 9.68. The Morgan fingerprint density at radius 1 is 1.11 bits per heavy atom. The monoisotopic (exact) mass is 271 g/mol. The highest BCUT2D eigenvalue weighted by Gasteiger charge is 2.13. The first-order chi connectivity index (χ1) is 9.10. The first-order valence-corrected chi connectivity index (χ1v) is 6.25. The first kappa shape index (κ1) is 13.0. The topological polar surface area (TPSA) is 67.2 Å². The average molecular weight is 271 g/mol. The molecule has 2 aromatic rings.